The van der Waals surface area contributed by atoms with E-state index < -0.39 is 13.3 Å². The molecule has 3 aromatic rings. The van der Waals surface area contributed by atoms with Crippen LogP contribution in [0.15, 0.2) is 71.7 Å². The van der Waals surface area contributed by atoms with E-state index in [-0.39, 0.29) is 30.7 Å². The standard InChI is InChI=1S/C45H67N4OP.2ClH/c1-4-7-30-51(31-8-5-2,32-9-6-3)35-36-25-28-42(29-26-36)46-44(50)43(34-37-24-27-38-18-16-17-19-39(38)33-37)49-45(47-40-20-12-10-13-21-40)48-41-22-14-11-15-23-41;;/h16-19,24-29,33,40-41,43H,4-15,20-23,30-32,34-35H2,1-3H3,(H2-,46,47,48,49,50);2*1H/p-1/t43-;;/m0../s1. The molecule has 0 saturated heterocycles. The van der Waals surface area contributed by atoms with Crippen molar-refractivity contribution < 1.29 is 29.6 Å². The summed E-state index contributed by atoms with van der Waals surface area (Å²) in [6, 6.07) is 24.2. The third-order valence-electron chi connectivity index (χ3n) is 11.4. The second-order valence-electron chi connectivity index (χ2n) is 15.7. The quantitative estimate of drug-likeness (QED) is 0.0907. The first-order valence-corrected chi connectivity index (χ1v) is 23.4. The van der Waals surface area contributed by atoms with Crippen LogP contribution >= 0.6 is 7.26 Å². The van der Waals surface area contributed by atoms with Crippen LogP contribution in [0.5, 0.6) is 0 Å². The number of nitrogens with zero attached hydrogens (tertiary/aromatic N) is 1. The number of halogens is 2. The van der Waals surface area contributed by atoms with E-state index in [9.17, 15) is 4.79 Å². The lowest BCUT2D eigenvalue weighted by Gasteiger charge is -2.29. The van der Waals surface area contributed by atoms with Crippen LogP contribution in [0.1, 0.15) is 135 Å². The number of rotatable bonds is 18. The largest absolute Gasteiger partial charge is 1.00 e. The fraction of sp³-hybridized carbons (Fsp3) is 0.600. The molecule has 0 aromatic heterocycles. The number of guanidine groups is 1. The summed E-state index contributed by atoms with van der Waals surface area (Å²) >= 11 is 0. The maximum absolute atomic E-state index is 14.3. The van der Waals surface area contributed by atoms with E-state index >= 15 is 0 Å². The van der Waals surface area contributed by atoms with Crippen molar-refractivity contribution in [2.45, 2.75) is 154 Å². The number of aliphatic imine (C=N–C) groups is 1. The summed E-state index contributed by atoms with van der Waals surface area (Å²) in [4.78, 5) is 19.6. The summed E-state index contributed by atoms with van der Waals surface area (Å²) in [6.07, 6.45) is 26.2. The number of hydrogen-bond donors (Lipinski definition) is 3. The van der Waals surface area contributed by atoms with Gasteiger partial charge in [0, 0.05) is 25.4 Å². The molecule has 0 bridgehead atoms. The van der Waals surface area contributed by atoms with E-state index in [2.05, 4.69) is 103 Å². The molecule has 53 heavy (non-hydrogen) atoms. The Labute approximate surface area is 335 Å². The van der Waals surface area contributed by atoms with E-state index in [1.165, 1.54) is 118 Å². The topological polar surface area (TPSA) is 65.5 Å². The van der Waals surface area contributed by atoms with E-state index in [1.807, 2.05) is 0 Å². The van der Waals surface area contributed by atoms with Crippen LogP contribution in [0.25, 0.3) is 10.8 Å². The van der Waals surface area contributed by atoms with Gasteiger partial charge >= 0.3 is 0 Å². The molecule has 1 amide bonds. The fourth-order valence-electron chi connectivity index (χ4n) is 8.29. The second kappa shape index (κ2) is 24.2. The third-order valence-corrected chi connectivity index (χ3v) is 16.2. The van der Waals surface area contributed by atoms with E-state index in [4.69, 9.17) is 4.99 Å². The van der Waals surface area contributed by atoms with Crippen LogP contribution < -0.4 is 40.8 Å². The number of nitrogens with one attached hydrogen (secondary N) is 3. The molecule has 1 atom stereocenters. The maximum atomic E-state index is 14.3. The van der Waals surface area contributed by atoms with Gasteiger partial charge in [-0.1, -0.05) is 133 Å². The molecule has 0 unspecified atom stereocenters. The highest BCUT2D eigenvalue weighted by molar-refractivity contribution is 7.75. The normalized spacial score (nSPS) is 16.3. The van der Waals surface area contributed by atoms with Crippen molar-refractivity contribution in [1.82, 2.24) is 10.6 Å². The Kier molecular flexibility index (Phi) is 20.6. The predicted octanol–water partition coefficient (Wildman–Crippen LogP) is 5.52. The Bertz CT molecular complexity index is 1480. The zero-order valence-electron chi connectivity index (χ0n) is 33.0. The minimum Gasteiger partial charge on any atom is -1.00 e. The zero-order valence-corrected chi connectivity index (χ0v) is 35.4. The summed E-state index contributed by atoms with van der Waals surface area (Å²) in [5.41, 5.74) is 3.46. The Morgan fingerprint density at radius 3 is 1.89 bits per heavy atom. The van der Waals surface area contributed by atoms with Gasteiger partial charge in [0.15, 0.2) is 5.96 Å². The summed E-state index contributed by atoms with van der Waals surface area (Å²) in [6.45, 7) is 7.01. The molecule has 5 rings (SSSR count). The van der Waals surface area contributed by atoms with Gasteiger partial charge in [0.25, 0.3) is 0 Å². The molecule has 2 aliphatic rings. The molecule has 294 valence electrons. The molecule has 0 spiro atoms. The molecule has 0 radical (unpaired) electrons. The monoisotopic (exact) mass is 781 g/mol. The van der Waals surface area contributed by atoms with E-state index in [0.717, 1.165) is 42.9 Å². The molecule has 8 heteroatoms. The first-order valence-electron chi connectivity index (χ1n) is 20.8. The molecule has 5 nitrogen and oxygen atoms in total. The van der Waals surface area contributed by atoms with Gasteiger partial charge in [0.1, 0.15) is 6.04 Å². The van der Waals surface area contributed by atoms with Crippen molar-refractivity contribution in [3.63, 3.8) is 0 Å². The van der Waals surface area contributed by atoms with Gasteiger partial charge in [-0.3, -0.25) is 4.79 Å². The Morgan fingerprint density at radius 2 is 1.28 bits per heavy atom. The number of benzene rings is 3. The average molecular weight is 783 g/mol. The van der Waals surface area contributed by atoms with Crippen molar-refractivity contribution in [1.29, 1.82) is 0 Å². The molecule has 3 N–H and O–H groups in total. The van der Waals surface area contributed by atoms with Gasteiger partial charge in [-0.25, -0.2) is 4.99 Å². The fourth-order valence-corrected chi connectivity index (χ4v) is 13.4. The van der Waals surface area contributed by atoms with Crippen molar-refractivity contribution in [3.05, 3.63) is 77.9 Å². The predicted molar refractivity (Wildman–Crippen MR) is 224 cm³/mol. The van der Waals surface area contributed by atoms with Crippen LogP contribution in [-0.2, 0) is 17.4 Å². The van der Waals surface area contributed by atoms with Crippen LogP contribution in [0.4, 0.5) is 5.69 Å². The minimum atomic E-state index is -1.05. The van der Waals surface area contributed by atoms with Crippen LogP contribution in [0.3, 0.4) is 0 Å². The number of amides is 1. The Balaban J connectivity index is 0.00000378. The number of hydrogen-bond acceptors (Lipinski definition) is 2. The second-order valence-corrected chi connectivity index (χ2v) is 20.1. The number of unbranched alkanes of at least 4 members (excludes halogenated alkanes) is 3. The highest BCUT2D eigenvalue weighted by Crippen LogP contribution is 2.63. The molecular weight excluding hydrogens is 714 g/mol. The summed E-state index contributed by atoms with van der Waals surface area (Å²) in [5.74, 6) is 0.810. The lowest BCUT2D eigenvalue weighted by Crippen LogP contribution is -3.00. The molecule has 2 saturated carbocycles. The van der Waals surface area contributed by atoms with Gasteiger partial charge in [-0.15, -0.1) is 0 Å². The lowest BCUT2D eigenvalue weighted by molar-refractivity contribution is -0.117. The lowest BCUT2D eigenvalue weighted by atomic mass is 9.95. The SMILES string of the molecule is CCCC[P+](CCCC)(CCCC)Cc1ccc(NC(=O)[C@H](Cc2ccc3ccccc3c2)NC(=NC2CCCCC2)NC2CCCCC2)cc1.[Cl-].[Cl-]. The first kappa shape index (κ1) is 45.1. The zero-order chi connectivity index (χ0) is 35.7. The molecule has 0 aliphatic heterocycles. The first-order chi connectivity index (χ1) is 25.0. The Morgan fingerprint density at radius 1 is 0.717 bits per heavy atom. The van der Waals surface area contributed by atoms with Gasteiger partial charge in [-0.2, -0.15) is 0 Å². The van der Waals surface area contributed by atoms with Crippen molar-refractivity contribution in [3.8, 4) is 0 Å². The summed E-state index contributed by atoms with van der Waals surface area (Å²) in [5, 5.41) is 13.3. The van der Waals surface area contributed by atoms with Crippen molar-refractivity contribution in [2.24, 2.45) is 4.99 Å². The average Bonchev–Trinajstić information content (AvgIpc) is 3.16. The van der Waals surface area contributed by atoms with Crippen molar-refractivity contribution in [2.75, 3.05) is 23.8 Å². The molecule has 0 heterocycles. The van der Waals surface area contributed by atoms with Gasteiger partial charge < -0.3 is 40.8 Å². The van der Waals surface area contributed by atoms with Crippen LogP contribution in [0, 0.1) is 0 Å². The Hall–Kier alpha value is -2.33. The van der Waals surface area contributed by atoms with Crippen LogP contribution in [-0.4, -0.2) is 48.5 Å². The number of carbonyl (C=O) groups is 1. The van der Waals surface area contributed by atoms with Gasteiger partial charge in [0.05, 0.1) is 30.7 Å². The third kappa shape index (κ3) is 14.7. The molecule has 3 aromatic carbocycles. The summed E-state index contributed by atoms with van der Waals surface area (Å²) in [7, 11) is -1.05. The van der Waals surface area contributed by atoms with E-state index in [0.29, 0.717) is 18.5 Å². The number of anilines is 1. The van der Waals surface area contributed by atoms with Gasteiger partial charge in [0.2, 0.25) is 5.91 Å². The molecule has 2 aliphatic carbocycles. The smallest absolute Gasteiger partial charge is 0.247 e. The van der Waals surface area contributed by atoms with Crippen LogP contribution in [0.2, 0.25) is 0 Å². The minimum absolute atomic E-state index is 0. The molecule has 2 fully saturated rings. The number of fused-ring (bicyclic) bond motifs is 1. The highest BCUT2D eigenvalue weighted by atomic mass is 35.5. The van der Waals surface area contributed by atoms with Gasteiger partial charge in [-0.05, 0) is 79.0 Å². The highest BCUT2D eigenvalue weighted by Gasteiger charge is 2.35. The number of carbonyl (C=O) groups excluding carboxylic acids is 1. The van der Waals surface area contributed by atoms with E-state index in [1.54, 1.807) is 0 Å². The maximum Gasteiger partial charge on any atom is 0.247 e. The molecular formula is C45H68Cl2N4OP-. The van der Waals surface area contributed by atoms with Crippen molar-refractivity contribution >= 4 is 35.6 Å². The summed E-state index contributed by atoms with van der Waals surface area (Å²) < 4.78 is 0.